The van der Waals surface area contributed by atoms with E-state index in [1.807, 2.05) is 103 Å². The van der Waals surface area contributed by atoms with E-state index in [1.54, 1.807) is 0 Å². The lowest BCUT2D eigenvalue weighted by atomic mass is 9.81. The summed E-state index contributed by atoms with van der Waals surface area (Å²) < 4.78 is 0. The van der Waals surface area contributed by atoms with E-state index in [-0.39, 0.29) is 11.7 Å². The molecule has 33 heavy (non-hydrogen) atoms. The highest BCUT2D eigenvalue weighted by Crippen LogP contribution is 2.46. The van der Waals surface area contributed by atoms with Crippen LogP contribution in [0.1, 0.15) is 34.8 Å². The maximum Gasteiger partial charge on any atom is 0.258 e. The minimum absolute atomic E-state index is 0.119. The summed E-state index contributed by atoms with van der Waals surface area (Å²) in [6, 6.07) is 24.8. The monoisotopic (exact) mass is 437 g/mol. The number of amides is 1. The van der Waals surface area contributed by atoms with Gasteiger partial charge < -0.3 is 10.2 Å². The van der Waals surface area contributed by atoms with Crippen LogP contribution in [0.25, 0.3) is 0 Å². The first-order valence-corrected chi connectivity index (χ1v) is 11.3. The smallest absolute Gasteiger partial charge is 0.258 e. The van der Waals surface area contributed by atoms with Gasteiger partial charge in [-0.15, -0.1) is 0 Å². The molecule has 0 radical (unpaired) electrons. The molecule has 5 rings (SSSR count). The number of nitrogens with zero attached hydrogens (tertiary/aromatic N) is 2. The van der Waals surface area contributed by atoms with Crippen LogP contribution in [0.5, 0.6) is 0 Å². The predicted molar refractivity (Wildman–Crippen MR) is 133 cm³/mol. The van der Waals surface area contributed by atoms with E-state index in [9.17, 15) is 9.59 Å². The molecule has 1 heterocycles. The number of carbonyl (C=O) groups is 2. The zero-order chi connectivity index (χ0) is 22.9. The normalized spacial score (nSPS) is 19.5. The van der Waals surface area contributed by atoms with Gasteiger partial charge in [0.05, 0.1) is 23.3 Å². The van der Waals surface area contributed by atoms with Gasteiger partial charge in [-0.25, -0.2) is 0 Å². The topological polar surface area (TPSA) is 52.7 Å². The van der Waals surface area contributed by atoms with Crippen LogP contribution < -0.4 is 15.1 Å². The summed E-state index contributed by atoms with van der Waals surface area (Å²) >= 11 is 0. The molecule has 0 fully saturated rings. The Morgan fingerprint density at radius 1 is 0.939 bits per heavy atom. The van der Waals surface area contributed by atoms with Crippen molar-refractivity contribution in [3.8, 4) is 0 Å². The minimum Gasteiger partial charge on any atom is -0.378 e. The molecule has 3 aromatic rings. The van der Waals surface area contributed by atoms with Crippen LogP contribution in [0, 0.1) is 5.92 Å². The van der Waals surface area contributed by atoms with Gasteiger partial charge in [0, 0.05) is 37.5 Å². The van der Waals surface area contributed by atoms with E-state index in [4.69, 9.17) is 0 Å². The molecule has 1 N–H and O–H groups in total. The Hall–Kier alpha value is -3.86. The third kappa shape index (κ3) is 3.80. The van der Waals surface area contributed by atoms with Crippen molar-refractivity contribution in [3.05, 3.63) is 102 Å². The van der Waals surface area contributed by atoms with Crippen LogP contribution in [0.15, 0.2) is 90.6 Å². The van der Waals surface area contributed by atoms with Gasteiger partial charge in [-0.2, -0.15) is 0 Å². The van der Waals surface area contributed by atoms with E-state index >= 15 is 0 Å². The maximum atomic E-state index is 14.0. The molecule has 1 aliphatic carbocycles. The first kappa shape index (κ1) is 21.0. The van der Waals surface area contributed by atoms with E-state index in [1.165, 1.54) is 0 Å². The second-order valence-corrected chi connectivity index (χ2v) is 8.76. The van der Waals surface area contributed by atoms with Gasteiger partial charge in [-0.05, 0) is 48.4 Å². The number of hydrogen-bond acceptors (Lipinski definition) is 4. The van der Waals surface area contributed by atoms with Gasteiger partial charge in [0.2, 0.25) is 0 Å². The first-order valence-electron chi connectivity index (χ1n) is 11.3. The number of rotatable bonds is 3. The zero-order valence-electron chi connectivity index (χ0n) is 18.9. The molecular formula is C28H27N3O2. The van der Waals surface area contributed by atoms with Gasteiger partial charge in [0.1, 0.15) is 5.78 Å². The van der Waals surface area contributed by atoms with Crippen molar-refractivity contribution < 1.29 is 9.59 Å². The Morgan fingerprint density at radius 2 is 1.64 bits per heavy atom. The van der Waals surface area contributed by atoms with E-state index in [0.717, 1.165) is 28.3 Å². The molecule has 2 aliphatic rings. The molecular weight excluding hydrogens is 410 g/mol. The first-order chi connectivity index (χ1) is 16.0. The molecule has 0 spiro atoms. The molecule has 1 amide bonds. The fourth-order valence-electron chi connectivity index (χ4n) is 4.81. The van der Waals surface area contributed by atoms with Crippen molar-refractivity contribution in [1.29, 1.82) is 0 Å². The lowest BCUT2D eigenvalue weighted by molar-refractivity contribution is -0.122. The number of fused-ring (bicyclic) bond motifs is 2. The Labute approximate surface area is 194 Å². The van der Waals surface area contributed by atoms with Crippen molar-refractivity contribution in [2.45, 2.75) is 18.9 Å². The fraction of sp³-hybridized carbons (Fsp3) is 0.214. The van der Waals surface area contributed by atoms with Gasteiger partial charge in [0.15, 0.2) is 0 Å². The molecule has 5 heteroatoms. The highest BCUT2D eigenvalue weighted by atomic mass is 16.2. The molecule has 2 atom stereocenters. The molecule has 0 unspecified atom stereocenters. The number of benzene rings is 3. The summed E-state index contributed by atoms with van der Waals surface area (Å²) in [5, 5.41) is 3.50. The molecule has 5 nitrogen and oxygen atoms in total. The third-order valence-corrected chi connectivity index (χ3v) is 6.46. The van der Waals surface area contributed by atoms with Gasteiger partial charge in [0.25, 0.3) is 5.91 Å². The predicted octanol–water partition coefficient (Wildman–Crippen LogP) is 5.43. The summed E-state index contributed by atoms with van der Waals surface area (Å²) in [6.45, 7) is 0. The maximum absolute atomic E-state index is 14.0. The van der Waals surface area contributed by atoms with Crippen molar-refractivity contribution in [2.75, 3.05) is 29.2 Å². The van der Waals surface area contributed by atoms with Crippen LogP contribution in [0.3, 0.4) is 0 Å². The van der Waals surface area contributed by atoms with E-state index in [2.05, 4.69) is 11.4 Å². The fourth-order valence-corrected chi connectivity index (χ4v) is 4.81. The molecule has 0 saturated heterocycles. The molecule has 0 bridgehead atoms. The Morgan fingerprint density at radius 3 is 2.36 bits per heavy atom. The quantitative estimate of drug-likeness (QED) is 0.594. The number of allylic oxidation sites excluding steroid dienone is 1. The van der Waals surface area contributed by atoms with Crippen LogP contribution >= 0.6 is 0 Å². The minimum atomic E-state index is -0.455. The van der Waals surface area contributed by atoms with Crippen LogP contribution in [-0.2, 0) is 4.79 Å². The van der Waals surface area contributed by atoms with Crippen molar-refractivity contribution in [3.63, 3.8) is 0 Å². The molecule has 1 aliphatic heterocycles. The molecule has 3 aromatic carbocycles. The lowest BCUT2D eigenvalue weighted by Crippen LogP contribution is -2.42. The summed E-state index contributed by atoms with van der Waals surface area (Å²) in [5.74, 6) is -0.421. The molecule has 0 saturated carbocycles. The van der Waals surface area contributed by atoms with Crippen LogP contribution in [0.4, 0.5) is 17.1 Å². The average molecular weight is 438 g/mol. The van der Waals surface area contributed by atoms with Crippen LogP contribution in [-0.4, -0.2) is 25.8 Å². The van der Waals surface area contributed by atoms with Crippen LogP contribution in [0.2, 0.25) is 0 Å². The summed E-state index contributed by atoms with van der Waals surface area (Å²) in [4.78, 5) is 31.2. The highest BCUT2D eigenvalue weighted by molar-refractivity contribution is 6.09. The second kappa shape index (κ2) is 8.58. The Balaban J connectivity index is 1.74. The largest absolute Gasteiger partial charge is 0.378 e. The number of ketones is 1. The molecule has 0 aromatic heterocycles. The number of nitrogens with one attached hydrogen (secondary N) is 1. The van der Waals surface area contributed by atoms with Crippen molar-refractivity contribution in [1.82, 2.24) is 0 Å². The number of carbonyl (C=O) groups excluding carboxylic acids is 2. The van der Waals surface area contributed by atoms with Gasteiger partial charge in [-0.1, -0.05) is 48.5 Å². The summed E-state index contributed by atoms with van der Waals surface area (Å²) in [6.07, 6.45) is 3.30. The lowest BCUT2D eigenvalue weighted by Gasteiger charge is -2.36. The average Bonchev–Trinajstić information content (AvgIpc) is 2.99. The number of Topliss-reactive ketones (excluding diaryl/α,β-unsaturated/α-hetero) is 1. The summed E-state index contributed by atoms with van der Waals surface area (Å²) in [7, 11) is 4.00. The zero-order valence-corrected chi connectivity index (χ0v) is 18.9. The summed E-state index contributed by atoms with van der Waals surface area (Å²) in [5.41, 5.74) is 5.09. The third-order valence-electron chi connectivity index (χ3n) is 6.46. The van der Waals surface area contributed by atoms with Gasteiger partial charge in [-0.3, -0.25) is 14.5 Å². The second-order valence-electron chi connectivity index (χ2n) is 8.76. The Bertz CT molecular complexity index is 1220. The highest BCUT2D eigenvalue weighted by Gasteiger charge is 2.43. The van der Waals surface area contributed by atoms with E-state index in [0.29, 0.717) is 18.4 Å². The number of hydrogen-bond donors (Lipinski definition) is 1. The Kier molecular flexibility index (Phi) is 5.47. The van der Waals surface area contributed by atoms with E-state index < -0.39 is 12.0 Å². The SMILES string of the molecule is CN(C)c1ccc([C@@H]2[C@H]3C(=O)CCC=C3Nc3ccccc3N2C(=O)c2ccccc2)cc1. The van der Waals surface area contributed by atoms with Crippen molar-refractivity contribution in [2.24, 2.45) is 5.92 Å². The molecule has 166 valence electrons. The standard InChI is InChI=1S/C28H27N3O2/c1-30(2)21-17-15-19(16-18-21)27-26-23(12-8-14-25(26)32)29-22-11-6-7-13-24(22)31(27)28(33)20-9-4-3-5-10-20/h3-7,9-13,15-18,26-27,29H,8,14H2,1-2H3/t26-,27-/m1/s1. The van der Waals surface area contributed by atoms with Gasteiger partial charge >= 0.3 is 0 Å². The van der Waals surface area contributed by atoms with Crippen molar-refractivity contribution >= 4 is 28.8 Å². The number of anilines is 3. The number of para-hydroxylation sites is 2.